The zero-order chi connectivity index (χ0) is 10.7. The maximum absolute atomic E-state index is 11.3. The van der Waals surface area contributed by atoms with E-state index in [0.29, 0.717) is 18.2 Å². The van der Waals surface area contributed by atoms with Crippen molar-refractivity contribution in [2.75, 3.05) is 18.0 Å². The van der Waals surface area contributed by atoms with Gasteiger partial charge in [0.25, 0.3) is 5.56 Å². The van der Waals surface area contributed by atoms with Gasteiger partial charge in [0.15, 0.2) is 0 Å². The van der Waals surface area contributed by atoms with Crippen LogP contribution >= 0.6 is 0 Å². The number of hydrogen-bond donors (Lipinski definition) is 2. The van der Waals surface area contributed by atoms with Gasteiger partial charge in [0.2, 0.25) is 5.95 Å². The number of nitrogens with zero attached hydrogens (tertiary/aromatic N) is 2. The van der Waals surface area contributed by atoms with E-state index < -0.39 is 0 Å². The van der Waals surface area contributed by atoms with Gasteiger partial charge in [0.1, 0.15) is 0 Å². The van der Waals surface area contributed by atoms with Crippen LogP contribution in [-0.4, -0.2) is 23.1 Å². The van der Waals surface area contributed by atoms with Crippen LogP contribution in [0.3, 0.4) is 0 Å². The number of nitrogens with one attached hydrogen (secondary N) is 1. The number of hydrogen-bond acceptors (Lipinski definition) is 4. The highest BCUT2D eigenvalue weighted by atomic mass is 16.1. The van der Waals surface area contributed by atoms with Gasteiger partial charge in [-0.1, -0.05) is 0 Å². The molecular weight excluding hydrogens is 192 g/mol. The Hall–Kier alpha value is -1.36. The summed E-state index contributed by atoms with van der Waals surface area (Å²) in [5.74, 6) is 0.669. The fraction of sp³-hybridized carbons (Fsp3) is 0.600. The molecule has 1 aliphatic heterocycles. The van der Waals surface area contributed by atoms with Crippen LogP contribution < -0.4 is 16.2 Å². The van der Waals surface area contributed by atoms with Crippen LogP contribution in [0.25, 0.3) is 0 Å². The van der Waals surface area contributed by atoms with E-state index >= 15 is 0 Å². The standard InChI is InChI=1S/C10H16N4O/c11-7-8-6-9(15)13-10(12-8)14-4-2-1-3-5-14/h6H,1-5,7,11H2,(H,12,13,15). The second-order valence-electron chi connectivity index (χ2n) is 3.81. The molecule has 0 spiro atoms. The number of piperidine rings is 1. The van der Waals surface area contributed by atoms with E-state index in [1.807, 2.05) is 0 Å². The molecule has 5 heteroatoms. The highest BCUT2D eigenvalue weighted by Gasteiger charge is 2.13. The Kier molecular flexibility index (Phi) is 3.01. The summed E-state index contributed by atoms with van der Waals surface area (Å²) in [6, 6.07) is 1.45. The Bertz CT molecular complexity index is 381. The third-order valence-electron chi connectivity index (χ3n) is 2.65. The molecule has 2 heterocycles. The molecule has 1 aromatic heterocycles. The summed E-state index contributed by atoms with van der Waals surface area (Å²) in [6.07, 6.45) is 3.59. The summed E-state index contributed by atoms with van der Waals surface area (Å²) in [5, 5.41) is 0. The van der Waals surface area contributed by atoms with Gasteiger partial charge in [-0.05, 0) is 19.3 Å². The molecule has 0 unspecified atom stereocenters. The van der Waals surface area contributed by atoms with E-state index in [1.165, 1.54) is 12.5 Å². The van der Waals surface area contributed by atoms with Crippen LogP contribution in [0.1, 0.15) is 25.0 Å². The average molecular weight is 208 g/mol. The minimum atomic E-state index is -0.119. The molecule has 1 saturated heterocycles. The van der Waals surface area contributed by atoms with Crippen molar-refractivity contribution in [3.8, 4) is 0 Å². The maximum atomic E-state index is 11.3. The molecule has 0 saturated carbocycles. The van der Waals surface area contributed by atoms with Crippen molar-refractivity contribution in [3.05, 3.63) is 22.1 Å². The van der Waals surface area contributed by atoms with Crippen molar-refractivity contribution in [1.29, 1.82) is 0 Å². The number of nitrogens with two attached hydrogens (primary N) is 1. The summed E-state index contributed by atoms with van der Waals surface area (Å²) >= 11 is 0. The fourth-order valence-corrected chi connectivity index (χ4v) is 1.85. The average Bonchev–Trinajstić information content (AvgIpc) is 2.29. The molecule has 0 amide bonds. The Morgan fingerprint density at radius 3 is 2.80 bits per heavy atom. The van der Waals surface area contributed by atoms with Crippen molar-refractivity contribution < 1.29 is 0 Å². The lowest BCUT2D eigenvalue weighted by Gasteiger charge is -2.27. The SMILES string of the molecule is NCc1cc(=O)[nH]c(N2CCCCC2)n1. The summed E-state index contributed by atoms with van der Waals surface area (Å²) in [5.41, 5.74) is 6.02. The summed E-state index contributed by atoms with van der Waals surface area (Å²) in [7, 11) is 0. The first-order valence-electron chi connectivity index (χ1n) is 5.35. The maximum Gasteiger partial charge on any atom is 0.252 e. The zero-order valence-electron chi connectivity index (χ0n) is 8.70. The van der Waals surface area contributed by atoms with E-state index in [4.69, 9.17) is 5.73 Å². The molecule has 0 radical (unpaired) electrons. The third kappa shape index (κ3) is 2.36. The van der Waals surface area contributed by atoms with E-state index in [-0.39, 0.29) is 5.56 Å². The van der Waals surface area contributed by atoms with Crippen LogP contribution in [-0.2, 0) is 6.54 Å². The van der Waals surface area contributed by atoms with E-state index in [9.17, 15) is 4.79 Å². The van der Waals surface area contributed by atoms with Crippen LogP contribution in [0.5, 0.6) is 0 Å². The minimum absolute atomic E-state index is 0.119. The second kappa shape index (κ2) is 4.44. The predicted molar refractivity (Wildman–Crippen MR) is 58.8 cm³/mol. The lowest BCUT2D eigenvalue weighted by Crippen LogP contribution is -2.32. The Morgan fingerprint density at radius 1 is 1.40 bits per heavy atom. The van der Waals surface area contributed by atoms with Gasteiger partial charge in [0.05, 0.1) is 5.69 Å². The summed E-state index contributed by atoms with van der Waals surface area (Å²) < 4.78 is 0. The molecule has 1 fully saturated rings. The second-order valence-corrected chi connectivity index (χ2v) is 3.81. The lowest BCUT2D eigenvalue weighted by atomic mass is 10.1. The Morgan fingerprint density at radius 2 is 2.13 bits per heavy atom. The lowest BCUT2D eigenvalue weighted by molar-refractivity contribution is 0.566. The normalized spacial score (nSPS) is 16.7. The number of aromatic nitrogens is 2. The number of anilines is 1. The van der Waals surface area contributed by atoms with Crippen molar-refractivity contribution in [3.63, 3.8) is 0 Å². The van der Waals surface area contributed by atoms with Crippen LogP contribution in [0.4, 0.5) is 5.95 Å². The van der Waals surface area contributed by atoms with Gasteiger partial charge in [0, 0.05) is 25.7 Å². The molecule has 1 aromatic rings. The van der Waals surface area contributed by atoms with E-state index in [0.717, 1.165) is 25.9 Å². The minimum Gasteiger partial charge on any atom is -0.342 e. The quantitative estimate of drug-likeness (QED) is 0.729. The Balaban J connectivity index is 2.26. The van der Waals surface area contributed by atoms with E-state index in [1.54, 1.807) is 0 Å². The number of H-pyrrole nitrogens is 1. The van der Waals surface area contributed by atoms with Crippen molar-refractivity contribution in [2.24, 2.45) is 5.73 Å². The highest BCUT2D eigenvalue weighted by molar-refractivity contribution is 5.30. The zero-order valence-corrected chi connectivity index (χ0v) is 8.70. The van der Waals surface area contributed by atoms with E-state index in [2.05, 4.69) is 14.9 Å². The Labute approximate surface area is 88.3 Å². The van der Waals surface area contributed by atoms with Crippen molar-refractivity contribution >= 4 is 5.95 Å². The first-order valence-corrected chi connectivity index (χ1v) is 5.35. The smallest absolute Gasteiger partial charge is 0.252 e. The van der Waals surface area contributed by atoms with Crippen molar-refractivity contribution in [2.45, 2.75) is 25.8 Å². The largest absolute Gasteiger partial charge is 0.342 e. The molecular formula is C10H16N4O. The molecule has 2 rings (SSSR count). The molecule has 5 nitrogen and oxygen atoms in total. The number of rotatable bonds is 2. The molecule has 0 aliphatic carbocycles. The highest BCUT2D eigenvalue weighted by Crippen LogP contribution is 2.14. The van der Waals surface area contributed by atoms with Gasteiger partial charge in [-0.2, -0.15) is 0 Å². The van der Waals surface area contributed by atoms with Crippen LogP contribution in [0, 0.1) is 0 Å². The topological polar surface area (TPSA) is 75.0 Å². The van der Waals surface area contributed by atoms with Crippen molar-refractivity contribution in [1.82, 2.24) is 9.97 Å². The van der Waals surface area contributed by atoms with Gasteiger partial charge in [-0.3, -0.25) is 9.78 Å². The molecule has 1 aliphatic rings. The molecule has 0 atom stereocenters. The van der Waals surface area contributed by atoms with Gasteiger partial charge >= 0.3 is 0 Å². The molecule has 0 bridgehead atoms. The summed E-state index contributed by atoms with van der Waals surface area (Å²) in [4.78, 5) is 20.5. The molecule has 82 valence electrons. The molecule has 0 aromatic carbocycles. The fourth-order valence-electron chi connectivity index (χ4n) is 1.85. The number of aromatic amines is 1. The first kappa shape index (κ1) is 10.2. The van der Waals surface area contributed by atoms with Crippen LogP contribution in [0.2, 0.25) is 0 Å². The monoisotopic (exact) mass is 208 g/mol. The molecule has 3 N–H and O–H groups in total. The van der Waals surface area contributed by atoms with Gasteiger partial charge in [-0.25, -0.2) is 4.98 Å². The summed E-state index contributed by atoms with van der Waals surface area (Å²) in [6.45, 7) is 2.25. The predicted octanol–water partition coefficient (Wildman–Crippen LogP) is 0.219. The van der Waals surface area contributed by atoms with Gasteiger partial charge < -0.3 is 10.6 Å². The molecule has 15 heavy (non-hydrogen) atoms. The van der Waals surface area contributed by atoms with Gasteiger partial charge in [-0.15, -0.1) is 0 Å². The third-order valence-corrected chi connectivity index (χ3v) is 2.65. The first-order chi connectivity index (χ1) is 7.29. The van der Waals surface area contributed by atoms with Crippen LogP contribution in [0.15, 0.2) is 10.9 Å².